The van der Waals surface area contributed by atoms with Crippen LogP contribution in [0.4, 0.5) is 5.69 Å². The molecule has 1 aromatic rings. The summed E-state index contributed by atoms with van der Waals surface area (Å²) in [6.45, 7) is 7.16. The minimum absolute atomic E-state index is 0.0483. The predicted molar refractivity (Wildman–Crippen MR) is 82.2 cm³/mol. The molecule has 2 rings (SSSR count). The minimum atomic E-state index is -0.497. The summed E-state index contributed by atoms with van der Waals surface area (Å²) in [5, 5.41) is 4.34. The van der Waals surface area contributed by atoms with E-state index < -0.39 is 5.79 Å². The smallest absolute Gasteiger partial charge is 0.163 e. The second-order valence-electron chi connectivity index (χ2n) is 5.48. The van der Waals surface area contributed by atoms with Gasteiger partial charge in [0.2, 0.25) is 0 Å². The lowest BCUT2D eigenvalue weighted by molar-refractivity contribution is -0.137. The zero-order valence-corrected chi connectivity index (χ0v) is 13.4. The molecule has 0 amide bonds. The maximum absolute atomic E-state index is 6.05. The fraction of sp³-hybridized carbons (Fsp3) is 0.571. The van der Waals surface area contributed by atoms with Crippen molar-refractivity contribution in [2.75, 3.05) is 18.9 Å². The van der Waals surface area contributed by atoms with Crippen LogP contribution in [0.5, 0.6) is 0 Å². The van der Waals surface area contributed by atoms with Gasteiger partial charge in [0, 0.05) is 12.6 Å². The molecule has 0 radical (unpaired) electrons. The second-order valence-corrected chi connectivity index (χ2v) is 6.29. The van der Waals surface area contributed by atoms with Crippen LogP contribution in [0.3, 0.4) is 0 Å². The van der Waals surface area contributed by atoms with Crippen molar-refractivity contribution in [3.05, 3.63) is 27.7 Å². The van der Waals surface area contributed by atoms with Crippen LogP contribution in [0.25, 0.3) is 0 Å². The van der Waals surface area contributed by atoms with Crippen LogP contribution >= 0.6 is 23.2 Å². The average Bonchev–Trinajstić information content (AvgIpc) is 2.72. The Balaban J connectivity index is 1.94. The van der Waals surface area contributed by atoms with E-state index in [2.05, 4.69) is 5.32 Å². The Morgan fingerprint density at radius 3 is 2.50 bits per heavy atom. The van der Waals surface area contributed by atoms with E-state index in [4.69, 9.17) is 38.4 Å². The van der Waals surface area contributed by atoms with E-state index in [0.717, 1.165) is 5.56 Å². The lowest BCUT2D eigenvalue weighted by Crippen LogP contribution is -2.32. The molecule has 0 spiro atoms. The highest BCUT2D eigenvalue weighted by Crippen LogP contribution is 2.31. The van der Waals surface area contributed by atoms with E-state index in [1.54, 1.807) is 0 Å². The summed E-state index contributed by atoms with van der Waals surface area (Å²) in [6, 6.07) is 3.75. The largest absolute Gasteiger partial charge is 0.396 e. The first-order chi connectivity index (χ1) is 9.28. The summed E-state index contributed by atoms with van der Waals surface area (Å²) in [7, 11) is 0. The van der Waals surface area contributed by atoms with E-state index >= 15 is 0 Å². The highest BCUT2D eigenvalue weighted by atomic mass is 35.5. The number of anilines is 1. The van der Waals surface area contributed by atoms with Gasteiger partial charge in [0.1, 0.15) is 0 Å². The number of hydrogen-bond acceptors (Lipinski definition) is 4. The molecule has 20 heavy (non-hydrogen) atoms. The summed E-state index contributed by atoms with van der Waals surface area (Å²) in [5.41, 5.74) is 7.14. The van der Waals surface area contributed by atoms with Gasteiger partial charge in [-0.1, -0.05) is 23.2 Å². The van der Waals surface area contributed by atoms with Crippen LogP contribution in [0.1, 0.15) is 32.4 Å². The highest BCUT2D eigenvalue weighted by Gasteiger charge is 2.32. The lowest BCUT2D eigenvalue weighted by Gasteiger charge is -2.20. The molecule has 1 heterocycles. The molecule has 1 fully saturated rings. The van der Waals surface area contributed by atoms with E-state index in [-0.39, 0.29) is 12.1 Å². The molecule has 1 aliphatic rings. The number of halogens is 2. The zero-order valence-electron chi connectivity index (χ0n) is 11.9. The zero-order chi connectivity index (χ0) is 14.9. The van der Waals surface area contributed by atoms with Crippen molar-refractivity contribution in [2.24, 2.45) is 0 Å². The number of nitrogens with two attached hydrogens (primary N) is 1. The van der Waals surface area contributed by atoms with Gasteiger partial charge >= 0.3 is 0 Å². The van der Waals surface area contributed by atoms with Crippen molar-refractivity contribution in [1.29, 1.82) is 0 Å². The fourth-order valence-corrected chi connectivity index (χ4v) is 2.65. The van der Waals surface area contributed by atoms with Crippen LogP contribution in [0, 0.1) is 0 Å². The number of nitrogen functional groups attached to an aromatic ring is 1. The maximum atomic E-state index is 6.05. The summed E-state index contributed by atoms with van der Waals surface area (Å²) in [4.78, 5) is 0. The van der Waals surface area contributed by atoms with Crippen molar-refractivity contribution in [2.45, 2.75) is 38.7 Å². The Labute approximate surface area is 129 Å². The van der Waals surface area contributed by atoms with E-state index in [1.165, 1.54) is 0 Å². The second kappa shape index (κ2) is 6.08. The molecule has 1 aliphatic heterocycles. The molecule has 0 unspecified atom stereocenters. The first kappa shape index (κ1) is 15.9. The van der Waals surface area contributed by atoms with Gasteiger partial charge in [-0.15, -0.1) is 0 Å². The summed E-state index contributed by atoms with van der Waals surface area (Å²) in [5.74, 6) is -0.497. The average molecular weight is 319 g/mol. The maximum Gasteiger partial charge on any atom is 0.163 e. The molecule has 4 nitrogen and oxygen atoms in total. The predicted octanol–water partition coefficient (Wildman–Crippen LogP) is 3.38. The molecule has 0 bridgehead atoms. The third-order valence-electron chi connectivity index (χ3n) is 3.32. The summed E-state index contributed by atoms with van der Waals surface area (Å²) >= 11 is 12.1. The number of ether oxygens (including phenoxy) is 2. The van der Waals surface area contributed by atoms with Crippen molar-refractivity contribution in [3.8, 4) is 0 Å². The molecule has 3 N–H and O–H groups in total. The minimum Gasteiger partial charge on any atom is -0.396 e. The van der Waals surface area contributed by atoms with Crippen LogP contribution in [-0.2, 0) is 9.47 Å². The number of rotatable bonds is 4. The van der Waals surface area contributed by atoms with Crippen molar-refractivity contribution in [3.63, 3.8) is 0 Å². The summed E-state index contributed by atoms with van der Waals surface area (Å²) in [6.07, 6.45) is 0.0483. The van der Waals surface area contributed by atoms with E-state index in [9.17, 15) is 0 Å². The monoisotopic (exact) mass is 318 g/mol. The molecule has 6 heteroatoms. The Morgan fingerprint density at radius 2 is 2.00 bits per heavy atom. The van der Waals surface area contributed by atoms with Gasteiger partial charge in [-0.3, -0.25) is 0 Å². The third-order valence-corrected chi connectivity index (χ3v) is 3.95. The van der Waals surface area contributed by atoms with Gasteiger partial charge < -0.3 is 20.5 Å². The molecule has 2 atom stereocenters. The van der Waals surface area contributed by atoms with Crippen molar-refractivity contribution >= 4 is 28.9 Å². The van der Waals surface area contributed by atoms with Crippen LogP contribution in [0.15, 0.2) is 12.1 Å². The van der Waals surface area contributed by atoms with Gasteiger partial charge in [0.05, 0.1) is 28.4 Å². The molecule has 0 aliphatic carbocycles. The molecular weight excluding hydrogens is 299 g/mol. The molecule has 112 valence electrons. The van der Waals surface area contributed by atoms with Gasteiger partial charge in [-0.05, 0) is 38.5 Å². The SMILES string of the molecule is C[C@H](NC[C@@H]1COC(C)(C)O1)c1cc(Cl)c(N)c(Cl)c1. The van der Waals surface area contributed by atoms with E-state index in [0.29, 0.717) is 28.9 Å². The quantitative estimate of drug-likeness (QED) is 0.836. The van der Waals surface area contributed by atoms with Crippen LogP contribution in [-0.4, -0.2) is 25.0 Å². The Bertz CT molecular complexity index is 471. The fourth-order valence-electron chi connectivity index (χ4n) is 2.14. The summed E-state index contributed by atoms with van der Waals surface area (Å²) < 4.78 is 11.3. The van der Waals surface area contributed by atoms with Crippen molar-refractivity contribution < 1.29 is 9.47 Å². The normalized spacial score (nSPS) is 22.9. The first-order valence-electron chi connectivity index (χ1n) is 6.58. The van der Waals surface area contributed by atoms with Crippen LogP contribution < -0.4 is 11.1 Å². The Hall–Kier alpha value is -0.520. The Kier molecular flexibility index (Phi) is 4.82. The number of nitrogens with one attached hydrogen (secondary N) is 1. The highest BCUT2D eigenvalue weighted by molar-refractivity contribution is 6.38. The molecular formula is C14H20Cl2N2O2. The molecule has 1 aromatic carbocycles. The van der Waals surface area contributed by atoms with Crippen LogP contribution in [0.2, 0.25) is 10.0 Å². The Morgan fingerprint density at radius 1 is 1.40 bits per heavy atom. The molecule has 0 saturated carbocycles. The molecule has 1 saturated heterocycles. The number of hydrogen-bond donors (Lipinski definition) is 2. The van der Waals surface area contributed by atoms with Gasteiger partial charge in [0.25, 0.3) is 0 Å². The molecule has 0 aromatic heterocycles. The standard InChI is InChI=1S/C14H20Cl2N2O2/c1-8(9-4-11(15)13(17)12(16)5-9)18-6-10-7-19-14(2,3)20-10/h4-5,8,10,18H,6-7,17H2,1-3H3/t8-,10+/m0/s1. The third kappa shape index (κ3) is 3.77. The number of benzene rings is 1. The lowest BCUT2D eigenvalue weighted by atomic mass is 10.1. The van der Waals surface area contributed by atoms with Gasteiger partial charge in [-0.2, -0.15) is 0 Å². The van der Waals surface area contributed by atoms with Gasteiger partial charge in [-0.25, -0.2) is 0 Å². The van der Waals surface area contributed by atoms with E-state index in [1.807, 2.05) is 32.9 Å². The van der Waals surface area contributed by atoms with Gasteiger partial charge in [0.15, 0.2) is 5.79 Å². The topological polar surface area (TPSA) is 56.5 Å². The first-order valence-corrected chi connectivity index (χ1v) is 7.33. The van der Waals surface area contributed by atoms with Crippen molar-refractivity contribution in [1.82, 2.24) is 5.32 Å².